The number of hydrogen-bond donors (Lipinski definition) is 2. The molecule has 7 nitrogen and oxygen atoms in total. The standard InChI is InChI=1S/C19H19FN4O3S/c1-13(2)23-28(26,27)17-9-5-15(6-10-17)21-19(25)18-11-12-24(22-18)16-7-3-14(20)4-8-16/h3-13,23H,1-2H3,(H,21,25). The van der Waals surface area contributed by atoms with Gasteiger partial charge in [0.2, 0.25) is 10.0 Å². The summed E-state index contributed by atoms with van der Waals surface area (Å²) in [6.07, 6.45) is 1.59. The molecule has 146 valence electrons. The average Bonchev–Trinajstić information content (AvgIpc) is 3.12. The van der Waals surface area contributed by atoms with Gasteiger partial charge in [0, 0.05) is 17.9 Å². The van der Waals surface area contributed by atoms with Gasteiger partial charge in [-0.2, -0.15) is 5.10 Å². The van der Waals surface area contributed by atoms with Gasteiger partial charge in [-0.05, 0) is 68.4 Å². The maximum absolute atomic E-state index is 13.0. The van der Waals surface area contributed by atoms with Crippen LogP contribution in [0, 0.1) is 5.82 Å². The smallest absolute Gasteiger partial charge is 0.276 e. The molecule has 1 heterocycles. The van der Waals surface area contributed by atoms with E-state index in [-0.39, 0.29) is 22.4 Å². The number of sulfonamides is 1. The number of rotatable bonds is 6. The molecule has 28 heavy (non-hydrogen) atoms. The highest BCUT2D eigenvalue weighted by Gasteiger charge is 2.16. The molecular formula is C19H19FN4O3S. The molecule has 0 aliphatic rings. The van der Waals surface area contributed by atoms with Crippen molar-refractivity contribution in [1.29, 1.82) is 0 Å². The maximum Gasteiger partial charge on any atom is 0.276 e. The predicted octanol–water partition coefficient (Wildman–Crippen LogP) is 2.95. The highest BCUT2D eigenvalue weighted by Crippen LogP contribution is 2.16. The molecule has 2 aromatic carbocycles. The summed E-state index contributed by atoms with van der Waals surface area (Å²) in [4.78, 5) is 12.5. The van der Waals surface area contributed by atoms with Gasteiger partial charge in [-0.15, -0.1) is 0 Å². The van der Waals surface area contributed by atoms with E-state index in [0.29, 0.717) is 11.4 Å². The van der Waals surface area contributed by atoms with Crippen molar-refractivity contribution in [2.75, 3.05) is 5.32 Å². The van der Waals surface area contributed by atoms with Gasteiger partial charge in [-0.3, -0.25) is 4.79 Å². The summed E-state index contributed by atoms with van der Waals surface area (Å²) in [5, 5.41) is 6.83. The molecule has 1 amide bonds. The van der Waals surface area contributed by atoms with E-state index >= 15 is 0 Å². The molecule has 0 unspecified atom stereocenters. The third-order valence-electron chi connectivity index (χ3n) is 3.73. The average molecular weight is 402 g/mol. The van der Waals surface area contributed by atoms with E-state index < -0.39 is 15.9 Å². The van der Waals surface area contributed by atoms with Crippen molar-refractivity contribution in [3.05, 3.63) is 72.3 Å². The molecule has 0 fully saturated rings. The molecule has 0 aliphatic carbocycles. The van der Waals surface area contributed by atoms with Gasteiger partial charge in [0.15, 0.2) is 5.69 Å². The summed E-state index contributed by atoms with van der Waals surface area (Å²) in [6.45, 7) is 3.47. The minimum Gasteiger partial charge on any atom is -0.321 e. The van der Waals surface area contributed by atoms with Crippen LogP contribution in [-0.4, -0.2) is 30.1 Å². The first kappa shape index (κ1) is 19.7. The van der Waals surface area contributed by atoms with Crippen molar-refractivity contribution in [2.45, 2.75) is 24.8 Å². The molecule has 0 radical (unpaired) electrons. The highest BCUT2D eigenvalue weighted by atomic mass is 32.2. The Hall–Kier alpha value is -3.04. The predicted molar refractivity (Wildman–Crippen MR) is 103 cm³/mol. The van der Waals surface area contributed by atoms with Crippen LogP contribution >= 0.6 is 0 Å². The number of carbonyl (C=O) groups is 1. The van der Waals surface area contributed by atoms with Crippen LogP contribution < -0.4 is 10.0 Å². The second-order valence-electron chi connectivity index (χ2n) is 6.38. The minimum atomic E-state index is -3.59. The van der Waals surface area contributed by atoms with Gasteiger partial charge in [-0.25, -0.2) is 22.2 Å². The zero-order valence-corrected chi connectivity index (χ0v) is 16.1. The van der Waals surface area contributed by atoms with Gasteiger partial charge >= 0.3 is 0 Å². The second-order valence-corrected chi connectivity index (χ2v) is 8.09. The fourth-order valence-electron chi connectivity index (χ4n) is 2.47. The number of nitrogens with zero attached hydrogens (tertiary/aromatic N) is 2. The van der Waals surface area contributed by atoms with E-state index in [1.165, 1.54) is 47.1 Å². The van der Waals surface area contributed by atoms with Crippen LogP contribution in [0.1, 0.15) is 24.3 Å². The summed E-state index contributed by atoms with van der Waals surface area (Å²) in [6, 6.07) is 12.9. The number of amides is 1. The minimum absolute atomic E-state index is 0.111. The van der Waals surface area contributed by atoms with Crippen LogP contribution in [0.3, 0.4) is 0 Å². The Morgan fingerprint density at radius 1 is 1.04 bits per heavy atom. The molecule has 0 aliphatic heterocycles. The SMILES string of the molecule is CC(C)NS(=O)(=O)c1ccc(NC(=O)c2ccn(-c3ccc(F)cc3)n2)cc1. The monoisotopic (exact) mass is 402 g/mol. The Kier molecular flexibility index (Phi) is 5.57. The Morgan fingerprint density at radius 2 is 1.68 bits per heavy atom. The number of carbonyl (C=O) groups excluding carboxylic acids is 1. The lowest BCUT2D eigenvalue weighted by molar-refractivity contribution is 0.102. The van der Waals surface area contributed by atoms with Crippen molar-refractivity contribution in [3.63, 3.8) is 0 Å². The number of nitrogens with one attached hydrogen (secondary N) is 2. The molecule has 3 aromatic rings. The normalized spacial score (nSPS) is 11.6. The number of hydrogen-bond acceptors (Lipinski definition) is 4. The topological polar surface area (TPSA) is 93.1 Å². The number of benzene rings is 2. The van der Waals surface area contributed by atoms with Crippen LogP contribution in [-0.2, 0) is 10.0 Å². The van der Waals surface area contributed by atoms with Crippen LogP contribution in [0.15, 0.2) is 65.7 Å². The molecule has 0 saturated carbocycles. The lowest BCUT2D eigenvalue weighted by atomic mass is 10.3. The molecule has 1 aromatic heterocycles. The fourth-order valence-corrected chi connectivity index (χ4v) is 3.72. The fraction of sp³-hybridized carbons (Fsp3) is 0.158. The lowest BCUT2D eigenvalue weighted by Crippen LogP contribution is -2.30. The zero-order chi connectivity index (χ0) is 20.3. The summed E-state index contributed by atoms with van der Waals surface area (Å²) < 4.78 is 41.2. The first-order valence-electron chi connectivity index (χ1n) is 8.50. The van der Waals surface area contributed by atoms with E-state index in [0.717, 1.165) is 0 Å². The molecule has 0 spiro atoms. The van der Waals surface area contributed by atoms with Gasteiger partial charge in [0.1, 0.15) is 5.82 Å². The molecule has 0 saturated heterocycles. The third kappa shape index (κ3) is 4.62. The van der Waals surface area contributed by atoms with Crippen LogP contribution in [0.4, 0.5) is 10.1 Å². The van der Waals surface area contributed by atoms with Gasteiger partial charge < -0.3 is 5.32 Å². The number of halogens is 1. The quantitative estimate of drug-likeness (QED) is 0.663. The van der Waals surface area contributed by atoms with Gasteiger partial charge in [-0.1, -0.05) is 0 Å². The summed E-state index contributed by atoms with van der Waals surface area (Å²) in [7, 11) is -3.59. The van der Waals surface area contributed by atoms with Crippen molar-refractivity contribution in [2.24, 2.45) is 0 Å². The Bertz CT molecular complexity index is 1080. The summed E-state index contributed by atoms with van der Waals surface area (Å²) in [5.41, 5.74) is 1.22. The molecule has 9 heteroatoms. The largest absolute Gasteiger partial charge is 0.321 e. The Labute approximate surface area is 162 Å². The Morgan fingerprint density at radius 3 is 2.29 bits per heavy atom. The van der Waals surface area contributed by atoms with Crippen molar-refractivity contribution in [1.82, 2.24) is 14.5 Å². The molecule has 2 N–H and O–H groups in total. The summed E-state index contributed by atoms with van der Waals surface area (Å²) in [5.74, 6) is -0.806. The molecule has 0 bridgehead atoms. The van der Waals surface area contributed by atoms with E-state index in [1.54, 1.807) is 32.2 Å². The number of anilines is 1. The first-order chi connectivity index (χ1) is 13.2. The second kappa shape index (κ2) is 7.91. The zero-order valence-electron chi connectivity index (χ0n) is 15.3. The van der Waals surface area contributed by atoms with Gasteiger partial charge in [0.05, 0.1) is 10.6 Å². The maximum atomic E-state index is 13.0. The third-order valence-corrected chi connectivity index (χ3v) is 5.40. The van der Waals surface area contributed by atoms with Crippen LogP contribution in [0.5, 0.6) is 0 Å². The first-order valence-corrected chi connectivity index (χ1v) is 9.98. The van der Waals surface area contributed by atoms with E-state index in [1.807, 2.05) is 0 Å². The molecular weight excluding hydrogens is 383 g/mol. The highest BCUT2D eigenvalue weighted by molar-refractivity contribution is 7.89. The van der Waals surface area contributed by atoms with Crippen molar-refractivity contribution < 1.29 is 17.6 Å². The molecule has 3 rings (SSSR count). The molecule has 0 atom stereocenters. The summed E-state index contributed by atoms with van der Waals surface area (Å²) >= 11 is 0. The van der Waals surface area contributed by atoms with Crippen LogP contribution in [0.2, 0.25) is 0 Å². The Balaban J connectivity index is 1.71. The van der Waals surface area contributed by atoms with E-state index in [4.69, 9.17) is 0 Å². The van der Waals surface area contributed by atoms with E-state index in [2.05, 4.69) is 15.1 Å². The lowest BCUT2D eigenvalue weighted by Gasteiger charge is -2.10. The van der Waals surface area contributed by atoms with Gasteiger partial charge in [0.25, 0.3) is 5.91 Å². The van der Waals surface area contributed by atoms with Crippen molar-refractivity contribution >= 4 is 21.6 Å². The van der Waals surface area contributed by atoms with Crippen LogP contribution in [0.25, 0.3) is 5.69 Å². The van der Waals surface area contributed by atoms with Crippen molar-refractivity contribution in [3.8, 4) is 5.69 Å². The van der Waals surface area contributed by atoms with E-state index in [9.17, 15) is 17.6 Å². The number of aromatic nitrogens is 2.